The normalized spacial score (nSPS) is 35.8. The summed E-state index contributed by atoms with van der Waals surface area (Å²) in [5.41, 5.74) is -0.745. The van der Waals surface area contributed by atoms with Crippen LogP contribution in [0, 0.1) is 17.3 Å². The van der Waals surface area contributed by atoms with Gasteiger partial charge in [0.25, 0.3) is 0 Å². The molecule has 1 spiro atoms. The molecule has 2 amide bonds. The van der Waals surface area contributed by atoms with E-state index in [1.807, 2.05) is 20.8 Å². The lowest BCUT2D eigenvalue weighted by molar-refractivity contribution is -0.143. The summed E-state index contributed by atoms with van der Waals surface area (Å²) in [7, 11) is 0. The maximum atomic E-state index is 12.3. The average Bonchev–Trinajstić information content (AvgIpc) is 2.77. The molecule has 0 aliphatic carbocycles. The van der Waals surface area contributed by atoms with E-state index in [2.05, 4.69) is 5.32 Å². The first kappa shape index (κ1) is 14.6. The van der Waals surface area contributed by atoms with Gasteiger partial charge in [-0.2, -0.15) is 0 Å². The lowest BCUT2D eigenvalue weighted by atomic mass is 9.64. The van der Waals surface area contributed by atoms with Crippen molar-refractivity contribution in [3.63, 3.8) is 0 Å². The maximum absolute atomic E-state index is 12.3. The number of ether oxygens (including phenoxy) is 2. The van der Waals surface area contributed by atoms with Gasteiger partial charge in [0.2, 0.25) is 5.91 Å². The molecule has 118 valence electrons. The Balaban J connectivity index is 1.80. The molecule has 3 atom stereocenters. The Morgan fingerprint density at radius 3 is 2.95 bits per heavy atom. The minimum Gasteiger partial charge on any atom is -0.444 e. The smallest absolute Gasteiger partial charge is 0.410 e. The minimum absolute atomic E-state index is 0.0443. The average molecular weight is 296 g/mol. The molecule has 3 rings (SSSR count). The van der Waals surface area contributed by atoms with Crippen molar-refractivity contribution >= 4 is 12.0 Å². The fraction of sp³-hybridized carbons (Fsp3) is 0.867. The van der Waals surface area contributed by atoms with E-state index in [9.17, 15) is 9.59 Å². The van der Waals surface area contributed by atoms with Crippen LogP contribution in [0.25, 0.3) is 0 Å². The number of carbonyl (C=O) groups excluding carboxylic acids is 2. The van der Waals surface area contributed by atoms with Gasteiger partial charge in [0.1, 0.15) is 5.60 Å². The van der Waals surface area contributed by atoms with Gasteiger partial charge in [0, 0.05) is 31.7 Å². The first-order valence-electron chi connectivity index (χ1n) is 7.65. The number of likely N-dealkylation sites (tertiary alicyclic amines) is 1. The lowest BCUT2D eigenvalue weighted by Crippen LogP contribution is -2.58. The Kier molecular flexibility index (Phi) is 3.39. The van der Waals surface area contributed by atoms with Crippen LogP contribution in [0.15, 0.2) is 0 Å². The Labute approximate surface area is 125 Å². The second-order valence-corrected chi connectivity index (χ2v) is 7.43. The van der Waals surface area contributed by atoms with Crippen molar-refractivity contribution in [1.82, 2.24) is 10.2 Å². The van der Waals surface area contributed by atoms with E-state index in [-0.39, 0.29) is 23.3 Å². The van der Waals surface area contributed by atoms with Crippen molar-refractivity contribution < 1.29 is 19.1 Å². The number of nitrogens with zero attached hydrogens (tertiary/aromatic N) is 1. The van der Waals surface area contributed by atoms with Crippen LogP contribution in [-0.2, 0) is 14.3 Å². The Morgan fingerprint density at radius 1 is 1.48 bits per heavy atom. The molecule has 3 saturated heterocycles. The molecule has 3 aliphatic heterocycles. The Morgan fingerprint density at radius 2 is 2.24 bits per heavy atom. The van der Waals surface area contributed by atoms with Crippen LogP contribution in [-0.4, -0.2) is 55.3 Å². The SMILES string of the molecule is CC(C)(C)OC(=O)N1CC2C(=O)NCC3CCOCC32C1. The summed E-state index contributed by atoms with van der Waals surface area (Å²) in [5.74, 6) is 0.258. The molecule has 6 heteroatoms. The maximum Gasteiger partial charge on any atom is 0.410 e. The third-order valence-corrected chi connectivity index (χ3v) is 4.87. The molecule has 0 aromatic carbocycles. The van der Waals surface area contributed by atoms with Gasteiger partial charge < -0.3 is 19.7 Å². The topological polar surface area (TPSA) is 67.9 Å². The van der Waals surface area contributed by atoms with E-state index >= 15 is 0 Å². The quantitative estimate of drug-likeness (QED) is 0.724. The highest BCUT2D eigenvalue weighted by atomic mass is 16.6. The van der Waals surface area contributed by atoms with Gasteiger partial charge in [-0.25, -0.2) is 4.79 Å². The van der Waals surface area contributed by atoms with E-state index < -0.39 is 5.60 Å². The number of amides is 2. The molecule has 3 unspecified atom stereocenters. The number of carbonyl (C=O) groups is 2. The summed E-state index contributed by atoms with van der Waals surface area (Å²) in [6, 6.07) is 0. The molecule has 1 N–H and O–H groups in total. The first-order chi connectivity index (χ1) is 9.82. The minimum atomic E-state index is -0.521. The van der Waals surface area contributed by atoms with Crippen molar-refractivity contribution in [1.29, 1.82) is 0 Å². The largest absolute Gasteiger partial charge is 0.444 e. The Bertz CT molecular complexity index is 459. The van der Waals surface area contributed by atoms with Crippen LogP contribution in [0.5, 0.6) is 0 Å². The van der Waals surface area contributed by atoms with Crippen LogP contribution in [0.2, 0.25) is 0 Å². The van der Waals surface area contributed by atoms with Gasteiger partial charge >= 0.3 is 6.09 Å². The fourth-order valence-corrected chi connectivity index (χ4v) is 3.85. The molecule has 3 fully saturated rings. The van der Waals surface area contributed by atoms with Crippen LogP contribution in [0.3, 0.4) is 0 Å². The molecule has 3 heterocycles. The fourth-order valence-electron chi connectivity index (χ4n) is 3.85. The van der Waals surface area contributed by atoms with Gasteiger partial charge in [-0.3, -0.25) is 4.79 Å². The second kappa shape index (κ2) is 4.87. The van der Waals surface area contributed by atoms with Gasteiger partial charge in [-0.1, -0.05) is 0 Å². The van der Waals surface area contributed by atoms with Crippen LogP contribution in [0.1, 0.15) is 27.2 Å². The zero-order valence-corrected chi connectivity index (χ0v) is 13.0. The van der Waals surface area contributed by atoms with Gasteiger partial charge in [0.15, 0.2) is 0 Å². The highest BCUT2D eigenvalue weighted by Gasteiger charge is 2.59. The van der Waals surface area contributed by atoms with E-state index in [4.69, 9.17) is 9.47 Å². The molecule has 21 heavy (non-hydrogen) atoms. The third-order valence-electron chi connectivity index (χ3n) is 4.87. The van der Waals surface area contributed by atoms with Gasteiger partial charge in [-0.15, -0.1) is 0 Å². The standard InChI is InChI=1S/C15H24N2O4/c1-14(2,3)21-13(19)17-7-11-12(18)16-6-10-4-5-20-9-15(10,11)8-17/h10-11H,4-9H2,1-3H3,(H,16,18). The summed E-state index contributed by atoms with van der Waals surface area (Å²) < 4.78 is 11.1. The number of nitrogens with one attached hydrogen (secondary N) is 1. The zero-order chi connectivity index (χ0) is 15.3. The lowest BCUT2D eigenvalue weighted by Gasteiger charge is -2.47. The predicted octanol–water partition coefficient (Wildman–Crippen LogP) is 1.01. The van der Waals surface area contributed by atoms with Crippen molar-refractivity contribution in [2.75, 3.05) is 32.8 Å². The highest BCUT2D eigenvalue weighted by Crippen LogP contribution is 2.48. The van der Waals surface area contributed by atoms with Crippen molar-refractivity contribution in [2.45, 2.75) is 32.8 Å². The summed E-state index contributed by atoms with van der Waals surface area (Å²) >= 11 is 0. The highest BCUT2D eigenvalue weighted by molar-refractivity contribution is 5.83. The molecule has 0 bridgehead atoms. The van der Waals surface area contributed by atoms with Crippen molar-refractivity contribution in [2.24, 2.45) is 17.3 Å². The summed E-state index contributed by atoms with van der Waals surface area (Å²) in [4.78, 5) is 26.2. The second-order valence-electron chi connectivity index (χ2n) is 7.43. The van der Waals surface area contributed by atoms with Gasteiger partial charge in [0.05, 0.1) is 12.5 Å². The number of piperidine rings is 1. The number of rotatable bonds is 0. The van der Waals surface area contributed by atoms with E-state index in [0.29, 0.717) is 32.2 Å². The van der Waals surface area contributed by atoms with E-state index in [0.717, 1.165) is 13.0 Å². The molecule has 0 aromatic heterocycles. The van der Waals surface area contributed by atoms with E-state index in [1.54, 1.807) is 4.90 Å². The molecule has 0 aromatic rings. The number of hydrogen-bond acceptors (Lipinski definition) is 4. The summed E-state index contributed by atoms with van der Waals surface area (Å²) in [6.07, 6.45) is 0.613. The van der Waals surface area contributed by atoms with Crippen LogP contribution in [0.4, 0.5) is 4.79 Å². The van der Waals surface area contributed by atoms with Crippen molar-refractivity contribution in [3.8, 4) is 0 Å². The molecule has 0 radical (unpaired) electrons. The molecular weight excluding hydrogens is 272 g/mol. The van der Waals surface area contributed by atoms with E-state index in [1.165, 1.54) is 0 Å². The molecule has 0 saturated carbocycles. The van der Waals surface area contributed by atoms with Crippen molar-refractivity contribution in [3.05, 3.63) is 0 Å². The van der Waals surface area contributed by atoms with Gasteiger partial charge in [-0.05, 0) is 33.1 Å². The molecular formula is C15H24N2O4. The third kappa shape index (κ3) is 2.50. The predicted molar refractivity (Wildman–Crippen MR) is 75.7 cm³/mol. The summed E-state index contributed by atoms with van der Waals surface area (Å²) in [6.45, 7) is 8.55. The zero-order valence-electron chi connectivity index (χ0n) is 13.0. The summed E-state index contributed by atoms with van der Waals surface area (Å²) in [5, 5.41) is 2.98. The molecule has 6 nitrogen and oxygen atoms in total. The monoisotopic (exact) mass is 296 g/mol. The number of hydrogen-bond donors (Lipinski definition) is 1. The first-order valence-corrected chi connectivity index (χ1v) is 7.65. The molecule has 3 aliphatic rings. The Hall–Kier alpha value is -1.30. The van der Waals surface area contributed by atoms with Crippen LogP contribution < -0.4 is 5.32 Å². The van der Waals surface area contributed by atoms with Crippen LogP contribution >= 0.6 is 0 Å².